The Balaban J connectivity index is 2.16. The largest absolute Gasteiger partial charge is 0.491 e. The molecule has 22 heavy (non-hydrogen) atoms. The fraction of sp³-hybridized carbons (Fsp3) is 0.571. The van der Waals surface area contributed by atoms with Crippen LogP contribution in [0.1, 0.15) is 32.1 Å². The third-order valence-electron chi connectivity index (χ3n) is 3.67. The smallest absolute Gasteiger partial charge is 0.273 e. The summed E-state index contributed by atoms with van der Waals surface area (Å²) in [5, 5.41) is 10.9. The first-order valence-electron chi connectivity index (χ1n) is 7.24. The van der Waals surface area contributed by atoms with Crippen LogP contribution in [0, 0.1) is 16.0 Å². The van der Waals surface area contributed by atoms with Crippen molar-refractivity contribution in [3.8, 4) is 5.75 Å². The highest BCUT2D eigenvalue weighted by atomic mass is 32.2. The lowest BCUT2D eigenvalue weighted by Gasteiger charge is -2.22. The zero-order valence-electron chi connectivity index (χ0n) is 12.4. The normalized spacial score (nSPS) is 16.2. The van der Waals surface area contributed by atoms with Crippen LogP contribution in [0.2, 0.25) is 0 Å². The van der Waals surface area contributed by atoms with Gasteiger partial charge in [0.05, 0.1) is 29.5 Å². The van der Waals surface area contributed by atoms with Gasteiger partial charge in [-0.3, -0.25) is 14.8 Å². The van der Waals surface area contributed by atoms with Crippen molar-refractivity contribution in [2.75, 3.05) is 17.6 Å². The fourth-order valence-corrected chi connectivity index (χ4v) is 3.16. The van der Waals surface area contributed by atoms with Gasteiger partial charge in [-0.05, 0) is 24.8 Å². The third-order valence-corrected chi connectivity index (χ3v) is 4.26. The molecule has 0 radical (unpaired) electrons. The standard InChI is InChI=1S/C14H20N2O5S/c1-22(19,20)15-13-8-7-12(16(17)18)9-14(13)21-10-11-5-3-2-4-6-11/h7-9,11,15H,2-6,10H2,1H3. The number of nitro benzene ring substituents is 1. The van der Waals surface area contributed by atoms with E-state index in [1.807, 2.05) is 0 Å². The summed E-state index contributed by atoms with van der Waals surface area (Å²) < 4.78 is 30.8. The molecule has 0 amide bonds. The van der Waals surface area contributed by atoms with Crippen LogP contribution >= 0.6 is 0 Å². The Bertz CT molecular complexity index is 639. The van der Waals surface area contributed by atoms with Crippen LogP contribution in [-0.4, -0.2) is 26.2 Å². The molecule has 1 saturated carbocycles. The summed E-state index contributed by atoms with van der Waals surface area (Å²) >= 11 is 0. The second kappa shape index (κ2) is 6.95. The summed E-state index contributed by atoms with van der Waals surface area (Å²) in [6, 6.07) is 3.87. The molecule has 1 aromatic carbocycles. The summed E-state index contributed by atoms with van der Waals surface area (Å²) in [6.07, 6.45) is 6.73. The molecule has 0 saturated heterocycles. The summed E-state index contributed by atoms with van der Waals surface area (Å²) in [4.78, 5) is 10.3. The third kappa shape index (κ3) is 4.87. The van der Waals surface area contributed by atoms with E-state index >= 15 is 0 Å². The van der Waals surface area contributed by atoms with E-state index in [2.05, 4.69) is 4.72 Å². The summed E-state index contributed by atoms with van der Waals surface area (Å²) in [7, 11) is -3.48. The van der Waals surface area contributed by atoms with Gasteiger partial charge in [0.15, 0.2) is 0 Å². The van der Waals surface area contributed by atoms with Crippen molar-refractivity contribution >= 4 is 21.4 Å². The maximum Gasteiger partial charge on any atom is 0.273 e. The number of hydrogen-bond acceptors (Lipinski definition) is 5. The van der Waals surface area contributed by atoms with Gasteiger partial charge in [-0.1, -0.05) is 19.3 Å². The van der Waals surface area contributed by atoms with Crippen molar-refractivity contribution in [1.82, 2.24) is 0 Å². The number of rotatable bonds is 6. The van der Waals surface area contributed by atoms with Gasteiger partial charge in [-0.15, -0.1) is 0 Å². The molecule has 0 atom stereocenters. The highest BCUT2D eigenvalue weighted by molar-refractivity contribution is 7.92. The van der Waals surface area contributed by atoms with Crippen LogP contribution in [0.25, 0.3) is 0 Å². The number of nitro groups is 1. The Morgan fingerprint density at radius 3 is 2.59 bits per heavy atom. The molecule has 122 valence electrons. The second-order valence-corrected chi connectivity index (χ2v) is 7.38. The Hall–Kier alpha value is -1.83. The van der Waals surface area contributed by atoms with Crippen molar-refractivity contribution < 1.29 is 18.1 Å². The Labute approximate surface area is 129 Å². The van der Waals surface area contributed by atoms with Crippen LogP contribution in [0.4, 0.5) is 11.4 Å². The highest BCUT2D eigenvalue weighted by Gasteiger charge is 2.18. The average molecular weight is 328 g/mol. The number of nitrogens with zero attached hydrogens (tertiary/aromatic N) is 1. The van der Waals surface area contributed by atoms with Crippen LogP contribution in [0.3, 0.4) is 0 Å². The number of hydrogen-bond donors (Lipinski definition) is 1. The molecule has 0 unspecified atom stereocenters. The van der Waals surface area contributed by atoms with Crippen molar-refractivity contribution in [3.05, 3.63) is 28.3 Å². The number of non-ortho nitro benzene ring substituents is 1. The minimum absolute atomic E-state index is 0.127. The molecule has 0 spiro atoms. The van der Waals surface area contributed by atoms with Crippen molar-refractivity contribution in [3.63, 3.8) is 0 Å². The molecule has 2 rings (SSSR count). The number of sulfonamides is 1. The molecule has 0 heterocycles. The lowest BCUT2D eigenvalue weighted by Crippen LogP contribution is -2.17. The van der Waals surface area contributed by atoms with E-state index in [0.29, 0.717) is 12.5 Å². The van der Waals surface area contributed by atoms with E-state index in [9.17, 15) is 18.5 Å². The quantitative estimate of drug-likeness (QED) is 0.639. The topological polar surface area (TPSA) is 98.5 Å². The van der Waals surface area contributed by atoms with Crippen molar-refractivity contribution in [1.29, 1.82) is 0 Å². The molecule has 7 nitrogen and oxygen atoms in total. The minimum atomic E-state index is -3.48. The van der Waals surface area contributed by atoms with Crippen LogP contribution in [0.5, 0.6) is 5.75 Å². The van der Waals surface area contributed by atoms with Crippen molar-refractivity contribution in [2.45, 2.75) is 32.1 Å². The fourth-order valence-electron chi connectivity index (χ4n) is 2.59. The average Bonchev–Trinajstić information content (AvgIpc) is 2.45. The van der Waals surface area contributed by atoms with Gasteiger partial charge in [0.2, 0.25) is 10.0 Å². The van der Waals surface area contributed by atoms with E-state index in [1.165, 1.54) is 24.6 Å². The molecule has 1 N–H and O–H groups in total. The highest BCUT2D eigenvalue weighted by Crippen LogP contribution is 2.32. The van der Waals surface area contributed by atoms with Gasteiger partial charge in [-0.25, -0.2) is 8.42 Å². The molecule has 0 aromatic heterocycles. The Morgan fingerprint density at radius 1 is 1.32 bits per heavy atom. The van der Waals surface area contributed by atoms with E-state index < -0.39 is 14.9 Å². The first-order valence-corrected chi connectivity index (χ1v) is 9.13. The SMILES string of the molecule is CS(=O)(=O)Nc1ccc([N+](=O)[O-])cc1OCC1CCCCC1. The molecule has 1 fully saturated rings. The van der Waals surface area contributed by atoms with Crippen molar-refractivity contribution in [2.24, 2.45) is 5.92 Å². The molecule has 8 heteroatoms. The van der Waals surface area contributed by atoms with Gasteiger partial charge >= 0.3 is 0 Å². The van der Waals surface area contributed by atoms with Crippen LogP contribution in [-0.2, 0) is 10.0 Å². The summed E-state index contributed by atoms with van der Waals surface area (Å²) in [6.45, 7) is 0.444. The first kappa shape index (κ1) is 16.5. The predicted molar refractivity (Wildman–Crippen MR) is 83.6 cm³/mol. The molecular weight excluding hydrogens is 308 g/mol. The predicted octanol–water partition coefficient (Wildman–Crippen LogP) is 2.93. The number of benzene rings is 1. The van der Waals surface area contributed by atoms with Crippen LogP contribution in [0.15, 0.2) is 18.2 Å². The van der Waals surface area contributed by atoms with Gasteiger partial charge in [0.1, 0.15) is 5.75 Å². The molecule has 1 aliphatic rings. The lowest BCUT2D eigenvalue weighted by molar-refractivity contribution is -0.384. The zero-order chi connectivity index (χ0) is 16.2. The van der Waals surface area contributed by atoms with E-state index in [-0.39, 0.29) is 17.1 Å². The maximum absolute atomic E-state index is 11.4. The molecule has 1 aromatic rings. The monoisotopic (exact) mass is 328 g/mol. The van der Waals surface area contributed by atoms with E-state index in [1.54, 1.807) is 0 Å². The molecule has 0 bridgehead atoms. The molecule has 1 aliphatic carbocycles. The van der Waals surface area contributed by atoms with Gasteiger partial charge in [0.25, 0.3) is 5.69 Å². The zero-order valence-corrected chi connectivity index (χ0v) is 13.3. The molecular formula is C14H20N2O5S. The van der Waals surface area contributed by atoms with Gasteiger partial charge < -0.3 is 4.74 Å². The summed E-state index contributed by atoms with van der Waals surface area (Å²) in [5.41, 5.74) is 0.0987. The van der Waals surface area contributed by atoms with Gasteiger partial charge in [0, 0.05) is 6.07 Å². The van der Waals surface area contributed by atoms with E-state index in [4.69, 9.17) is 4.74 Å². The number of nitrogens with one attached hydrogen (secondary N) is 1. The Morgan fingerprint density at radius 2 is 2.00 bits per heavy atom. The van der Waals surface area contributed by atoms with Gasteiger partial charge in [-0.2, -0.15) is 0 Å². The maximum atomic E-state index is 11.4. The Kier molecular flexibility index (Phi) is 5.23. The molecule has 0 aliphatic heterocycles. The number of ether oxygens (including phenoxy) is 1. The number of anilines is 1. The lowest BCUT2D eigenvalue weighted by atomic mass is 9.90. The van der Waals surface area contributed by atoms with E-state index in [0.717, 1.165) is 31.9 Å². The minimum Gasteiger partial charge on any atom is -0.491 e. The van der Waals surface area contributed by atoms with Crippen LogP contribution < -0.4 is 9.46 Å². The second-order valence-electron chi connectivity index (χ2n) is 5.63. The first-order chi connectivity index (χ1) is 10.3. The summed E-state index contributed by atoms with van der Waals surface area (Å²) in [5.74, 6) is 0.615.